The molecular weight excluding hydrogens is 454 g/mol. The molecule has 0 fully saturated rings. The van der Waals surface area contributed by atoms with Gasteiger partial charge < -0.3 is 24.3 Å². The molecule has 2 N–H and O–H groups in total. The van der Waals surface area contributed by atoms with Gasteiger partial charge in [-0.2, -0.15) is 0 Å². The minimum Gasteiger partial charge on any atom is -0.503 e. The molecule has 1 aromatic heterocycles. The third-order valence-corrected chi connectivity index (χ3v) is 5.93. The largest absolute Gasteiger partial charge is 0.503 e. The number of phenols is 1. The monoisotopic (exact) mass is 473 g/mol. The summed E-state index contributed by atoms with van der Waals surface area (Å²) in [7, 11) is 1.41. The van der Waals surface area contributed by atoms with Gasteiger partial charge in [-0.25, -0.2) is 0 Å². The van der Waals surface area contributed by atoms with Gasteiger partial charge in [-0.3, -0.25) is 9.59 Å². The van der Waals surface area contributed by atoms with Crippen molar-refractivity contribution in [1.82, 2.24) is 4.90 Å². The second kappa shape index (κ2) is 7.45. The molecule has 4 rings (SSSR count). The van der Waals surface area contributed by atoms with Crippen LogP contribution in [0, 0.1) is 13.8 Å². The molecule has 0 aliphatic carbocycles. The molecule has 30 heavy (non-hydrogen) atoms. The van der Waals surface area contributed by atoms with E-state index in [2.05, 4.69) is 15.9 Å². The first-order valence-electron chi connectivity index (χ1n) is 9.34. The first-order chi connectivity index (χ1) is 14.3. The summed E-state index contributed by atoms with van der Waals surface area (Å²) in [5, 5.41) is 20.1. The number of aliphatic hydroxyl groups excluding tert-OH is 1. The molecule has 156 valence electrons. The van der Waals surface area contributed by atoms with Crippen LogP contribution in [0.15, 0.2) is 37.9 Å². The number of aromatic hydroxyl groups is 1. The zero-order valence-electron chi connectivity index (χ0n) is 16.7. The van der Waals surface area contributed by atoms with Crippen LogP contribution < -0.4 is 10.2 Å². The smallest absolute Gasteiger partial charge is 0.290 e. The second-order valence-electron chi connectivity index (χ2n) is 7.31. The van der Waals surface area contributed by atoms with Crippen molar-refractivity contribution in [2.24, 2.45) is 0 Å². The maximum atomic E-state index is 13.5. The molecule has 0 radical (unpaired) electrons. The lowest BCUT2D eigenvalue weighted by atomic mass is 9.97. The maximum Gasteiger partial charge on any atom is 0.290 e. The number of amides is 1. The van der Waals surface area contributed by atoms with E-state index in [0.717, 1.165) is 11.1 Å². The van der Waals surface area contributed by atoms with E-state index in [4.69, 9.17) is 9.15 Å². The van der Waals surface area contributed by atoms with Crippen molar-refractivity contribution in [3.63, 3.8) is 0 Å². The van der Waals surface area contributed by atoms with Gasteiger partial charge in [-0.1, -0.05) is 6.07 Å². The van der Waals surface area contributed by atoms with Gasteiger partial charge in [-0.15, -0.1) is 0 Å². The van der Waals surface area contributed by atoms with Gasteiger partial charge in [0.15, 0.2) is 16.9 Å². The minimum absolute atomic E-state index is 0.0162. The van der Waals surface area contributed by atoms with Crippen molar-refractivity contribution in [3.8, 4) is 11.5 Å². The van der Waals surface area contributed by atoms with Gasteiger partial charge in [-0.05, 0) is 64.7 Å². The van der Waals surface area contributed by atoms with Gasteiger partial charge in [0.2, 0.25) is 5.76 Å². The lowest BCUT2D eigenvalue weighted by molar-refractivity contribution is 0.0691. The van der Waals surface area contributed by atoms with Crippen LogP contribution in [0.4, 0.5) is 0 Å². The van der Waals surface area contributed by atoms with Crippen LogP contribution in [-0.2, 0) is 0 Å². The van der Waals surface area contributed by atoms with Crippen molar-refractivity contribution in [2.75, 3.05) is 20.3 Å². The van der Waals surface area contributed by atoms with Crippen molar-refractivity contribution in [1.29, 1.82) is 0 Å². The van der Waals surface area contributed by atoms with Crippen LogP contribution >= 0.6 is 15.9 Å². The third kappa shape index (κ3) is 2.98. The Balaban J connectivity index is 2.05. The van der Waals surface area contributed by atoms with E-state index in [-0.39, 0.29) is 41.4 Å². The van der Waals surface area contributed by atoms with Crippen molar-refractivity contribution >= 4 is 32.8 Å². The quantitative estimate of drug-likeness (QED) is 0.601. The SMILES string of the molecule is COc1cc([C@H]2c3c(oc4c(C)cc(C)cc4c3=O)C(=O)N2CCO)cc(Br)c1O. The second-order valence-corrected chi connectivity index (χ2v) is 8.17. The molecular formula is C22H20BrNO6. The number of aryl methyl sites for hydroxylation is 2. The zero-order valence-corrected chi connectivity index (χ0v) is 18.2. The molecule has 0 bridgehead atoms. The Bertz CT molecular complexity index is 1250. The number of halogens is 1. The minimum atomic E-state index is -0.785. The Labute approximate surface area is 180 Å². The molecule has 7 nitrogen and oxygen atoms in total. The molecule has 0 saturated heterocycles. The standard InChI is InChI=1S/C22H20BrNO6/c1-10-6-11(2)20-13(7-10)18(26)16-17(24(4-5-25)22(28)21(16)30-20)12-8-14(23)19(27)15(9-12)29-3/h6-9,17,25,27H,4-5H2,1-3H3/t17-/m0/s1. The molecule has 0 spiro atoms. The molecule has 1 atom stereocenters. The average Bonchev–Trinajstić information content (AvgIpc) is 2.98. The van der Waals surface area contributed by atoms with Crippen molar-refractivity contribution in [2.45, 2.75) is 19.9 Å². The van der Waals surface area contributed by atoms with Gasteiger partial charge in [0.1, 0.15) is 5.58 Å². The molecule has 8 heteroatoms. The van der Waals surface area contributed by atoms with Crippen LogP contribution in [0.1, 0.15) is 38.9 Å². The van der Waals surface area contributed by atoms with Gasteiger partial charge in [0, 0.05) is 6.54 Å². The van der Waals surface area contributed by atoms with Gasteiger partial charge >= 0.3 is 0 Å². The number of phenolic OH excluding ortho intramolecular Hbond substituents is 1. The predicted octanol–water partition coefficient (Wildman–Crippen LogP) is 3.42. The van der Waals surface area contributed by atoms with Crippen LogP contribution in [0.2, 0.25) is 0 Å². The molecule has 0 unspecified atom stereocenters. The number of carbonyl (C=O) groups excluding carboxylic acids is 1. The van der Waals surface area contributed by atoms with E-state index < -0.39 is 11.9 Å². The molecule has 2 aromatic carbocycles. The Morgan fingerprint density at radius 2 is 1.93 bits per heavy atom. The summed E-state index contributed by atoms with van der Waals surface area (Å²) >= 11 is 3.29. The summed E-state index contributed by atoms with van der Waals surface area (Å²) in [6.07, 6.45) is 0. The highest BCUT2D eigenvalue weighted by atomic mass is 79.9. The number of β-amino-alcohol motifs (C(OH)–C–C–N with tert-alkyl or cyclic N) is 1. The molecule has 1 aliphatic heterocycles. The summed E-state index contributed by atoms with van der Waals surface area (Å²) in [4.78, 5) is 28.1. The van der Waals surface area contributed by atoms with Crippen LogP contribution in [0.5, 0.6) is 11.5 Å². The third-order valence-electron chi connectivity index (χ3n) is 5.32. The number of fused-ring (bicyclic) bond motifs is 2. The van der Waals surface area contributed by atoms with Crippen LogP contribution in [0.3, 0.4) is 0 Å². The predicted molar refractivity (Wildman–Crippen MR) is 114 cm³/mol. The number of rotatable bonds is 4. The maximum absolute atomic E-state index is 13.5. The van der Waals surface area contributed by atoms with Gasteiger partial charge in [0.05, 0.1) is 35.2 Å². The Morgan fingerprint density at radius 1 is 1.20 bits per heavy atom. The normalized spacial score (nSPS) is 15.7. The number of methoxy groups -OCH3 is 1. The van der Waals surface area contributed by atoms with Gasteiger partial charge in [0.25, 0.3) is 5.91 Å². The van der Waals surface area contributed by atoms with Crippen molar-refractivity contribution in [3.05, 3.63) is 67.0 Å². The number of hydrogen-bond donors (Lipinski definition) is 2. The Kier molecular flexibility index (Phi) is 5.07. The van der Waals surface area contributed by atoms with Crippen LogP contribution in [0.25, 0.3) is 11.0 Å². The average molecular weight is 474 g/mol. The fraction of sp³-hybridized carbons (Fsp3) is 0.273. The number of hydrogen-bond acceptors (Lipinski definition) is 6. The zero-order chi connectivity index (χ0) is 21.7. The van der Waals surface area contributed by atoms with E-state index >= 15 is 0 Å². The molecule has 1 amide bonds. The summed E-state index contributed by atoms with van der Waals surface area (Å²) < 4.78 is 11.6. The highest BCUT2D eigenvalue weighted by Crippen LogP contribution is 2.43. The fourth-order valence-corrected chi connectivity index (χ4v) is 4.53. The van der Waals surface area contributed by atoms with E-state index in [1.807, 2.05) is 19.9 Å². The highest BCUT2D eigenvalue weighted by molar-refractivity contribution is 9.10. The Hall–Kier alpha value is -2.84. The highest BCUT2D eigenvalue weighted by Gasteiger charge is 2.43. The molecule has 1 aliphatic rings. The van der Waals surface area contributed by atoms with E-state index in [0.29, 0.717) is 21.0 Å². The molecule has 2 heterocycles. The lowest BCUT2D eigenvalue weighted by Crippen LogP contribution is -2.32. The fourth-order valence-electron chi connectivity index (χ4n) is 4.07. The topological polar surface area (TPSA) is 100 Å². The number of benzene rings is 2. The van der Waals surface area contributed by atoms with Crippen molar-refractivity contribution < 1.29 is 24.2 Å². The van der Waals surface area contributed by atoms with E-state index in [1.165, 1.54) is 12.0 Å². The summed E-state index contributed by atoms with van der Waals surface area (Å²) in [6, 6.07) is 6.05. The number of carbonyl (C=O) groups is 1. The summed E-state index contributed by atoms with van der Waals surface area (Å²) in [5.74, 6) is -0.385. The first-order valence-corrected chi connectivity index (χ1v) is 10.1. The van der Waals surface area contributed by atoms with E-state index in [1.54, 1.807) is 18.2 Å². The van der Waals surface area contributed by atoms with Crippen LogP contribution in [-0.4, -0.2) is 41.3 Å². The Morgan fingerprint density at radius 3 is 2.60 bits per heavy atom. The number of aliphatic hydroxyl groups is 1. The summed E-state index contributed by atoms with van der Waals surface area (Å²) in [6.45, 7) is 3.46. The number of nitrogens with zero attached hydrogens (tertiary/aromatic N) is 1. The number of ether oxygens (including phenoxy) is 1. The first kappa shape index (κ1) is 20.4. The summed E-state index contributed by atoms with van der Waals surface area (Å²) in [5.41, 5.74) is 2.53. The lowest BCUT2D eigenvalue weighted by Gasteiger charge is -2.25. The molecule has 3 aromatic rings. The van der Waals surface area contributed by atoms with E-state index in [9.17, 15) is 19.8 Å². The molecule has 0 saturated carbocycles.